The Bertz CT molecular complexity index is 152. The van der Waals surface area contributed by atoms with E-state index in [1.165, 1.54) is 0 Å². The average molecular weight is 147 g/mol. The van der Waals surface area contributed by atoms with Crippen LogP contribution < -0.4 is 5.32 Å². The molecule has 0 unspecified atom stereocenters. The van der Waals surface area contributed by atoms with Crippen molar-refractivity contribution >= 4 is 0 Å². The molecule has 10 heavy (non-hydrogen) atoms. The summed E-state index contributed by atoms with van der Waals surface area (Å²) in [6.07, 6.45) is 1.93. The molecule has 58 valence electrons. The molecule has 0 fully saturated rings. The molecule has 0 bridgehead atoms. The fourth-order valence-electron chi connectivity index (χ4n) is 1.02. The predicted octanol–water partition coefficient (Wildman–Crippen LogP) is 1.91. The molecule has 0 saturated heterocycles. The van der Waals surface area contributed by atoms with Gasteiger partial charge in [-0.1, -0.05) is 6.08 Å². The topological polar surface area (TPSA) is 12.0 Å². The van der Waals surface area contributed by atoms with Gasteiger partial charge < -0.3 is 5.32 Å². The van der Waals surface area contributed by atoms with Crippen molar-refractivity contribution in [1.82, 2.24) is 5.32 Å². The van der Waals surface area contributed by atoms with Gasteiger partial charge >= 0.3 is 0 Å². The number of nitrogens with one attached hydrogen (secondary N) is 1. The van der Waals surface area contributed by atoms with Crippen molar-refractivity contribution in [2.45, 2.75) is 25.2 Å². The summed E-state index contributed by atoms with van der Waals surface area (Å²) < 4.78 is 24.9. The Hall–Kier alpha value is -0.600. The van der Waals surface area contributed by atoms with Crippen molar-refractivity contribution in [3.8, 4) is 0 Å². The zero-order chi connectivity index (χ0) is 7.61. The summed E-state index contributed by atoms with van der Waals surface area (Å²) in [5.41, 5.74) is 0.936. The third-order valence-corrected chi connectivity index (χ3v) is 1.73. The molecule has 1 rings (SSSR count). The second-order valence-electron chi connectivity index (χ2n) is 2.54. The van der Waals surface area contributed by atoms with Crippen molar-refractivity contribution in [2.75, 3.05) is 7.05 Å². The molecular formula is C7H11F2N. The van der Waals surface area contributed by atoms with E-state index in [4.69, 9.17) is 0 Å². The number of hydrogen-bond acceptors (Lipinski definition) is 1. The smallest absolute Gasteiger partial charge is 0.252 e. The van der Waals surface area contributed by atoms with E-state index in [9.17, 15) is 8.78 Å². The Morgan fingerprint density at radius 3 is 2.70 bits per heavy atom. The van der Waals surface area contributed by atoms with Crippen LogP contribution in [0, 0.1) is 0 Å². The van der Waals surface area contributed by atoms with Crippen LogP contribution in [0.1, 0.15) is 19.3 Å². The van der Waals surface area contributed by atoms with Crippen molar-refractivity contribution in [3.63, 3.8) is 0 Å². The van der Waals surface area contributed by atoms with Gasteiger partial charge in [0, 0.05) is 25.6 Å². The van der Waals surface area contributed by atoms with Gasteiger partial charge in [-0.15, -0.1) is 0 Å². The summed E-state index contributed by atoms with van der Waals surface area (Å²) >= 11 is 0. The Labute approximate surface area is 59.1 Å². The lowest BCUT2D eigenvalue weighted by molar-refractivity contribution is -0.00922. The van der Waals surface area contributed by atoms with Gasteiger partial charge in [-0.05, 0) is 6.42 Å². The minimum Gasteiger partial charge on any atom is -0.392 e. The molecule has 0 aromatic rings. The molecule has 0 atom stereocenters. The van der Waals surface area contributed by atoms with Crippen LogP contribution in [0.15, 0.2) is 11.8 Å². The molecule has 1 aliphatic rings. The Morgan fingerprint density at radius 1 is 1.60 bits per heavy atom. The first kappa shape index (κ1) is 7.51. The third kappa shape index (κ3) is 1.69. The van der Waals surface area contributed by atoms with E-state index in [0.29, 0.717) is 6.42 Å². The molecule has 1 aliphatic carbocycles. The molecule has 0 amide bonds. The summed E-state index contributed by atoms with van der Waals surface area (Å²) in [5.74, 6) is -2.46. The molecule has 0 heterocycles. The molecule has 1 N–H and O–H groups in total. The zero-order valence-electron chi connectivity index (χ0n) is 5.95. The fourth-order valence-corrected chi connectivity index (χ4v) is 1.02. The first-order valence-electron chi connectivity index (χ1n) is 3.39. The molecule has 1 nitrogen and oxygen atoms in total. The lowest BCUT2D eigenvalue weighted by Gasteiger charge is -2.20. The molecule has 0 aliphatic heterocycles. The Kier molecular flexibility index (Phi) is 1.92. The molecular weight excluding hydrogens is 136 g/mol. The molecule has 0 saturated carbocycles. The lowest BCUT2D eigenvalue weighted by Crippen LogP contribution is -2.22. The van der Waals surface area contributed by atoms with Gasteiger partial charge in [0.05, 0.1) is 0 Å². The Morgan fingerprint density at radius 2 is 2.30 bits per heavy atom. The van der Waals surface area contributed by atoms with Gasteiger partial charge in [-0.2, -0.15) is 0 Å². The van der Waals surface area contributed by atoms with Crippen LogP contribution in [0.2, 0.25) is 0 Å². The van der Waals surface area contributed by atoms with Crippen LogP contribution >= 0.6 is 0 Å². The predicted molar refractivity (Wildman–Crippen MR) is 35.9 cm³/mol. The number of rotatable bonds is 1. The lowest BCUT2D eigenvalue weighted by atomic mass is 10.0. The van der Waals surface area contributed by atoms with E-state index < -0.39 is 5.92 Å². The molecule has 0 spiro atoms. The highest BCUT2D eigenvalue weighted by molar-refractivity contribution is 5.05. The van der Waals surface area contributed by atoms with Crippen LogP contribution in [0.4, 0.5) is 8.78 Å². The quantitative estimate of drug-likeness (QED) is 0.597. The number of alkyl halides is 2. The van der Waals surface area contributed by atoms with Gasteiger partial charge in [0.25, 0.3) is 5.92 Å². The minimum atomic E-state index is -2.46. The molecule has 0 aromatic carbocycles. The fraction of sp³-hybridized carbons (Fsp3) is 0.714. The molecule has 0 radical (unpaired) electrons. The number of halogens is 2. The normalized spacial score (nSPS) is 23.7. The third-order valence-electron chi connectivity index (χ3n) is 1.73. The van der Waals surface area contributed by atoms with Gasteiger partial charge in [0.2, 0.25) is 0 Å². The second kappa shape index (κ2) is 2.56. The second-order valence-corrected chi connectivity index (χ2v) is 2.54. The van der Waals surface area contributed by atoms with Crippen LogP contribution in [-0.2, 0) is 0 Å². The maximum Gasteiger partial charge on any atom is 0.252 e. The summed E-state index contributed by atoms with van der Waals surface area (Å²) in [6.45, 7) is 0. The highest BCUT2D eigenvalue weighted by Crippen LogP contribution is 2.30. The van der Waals surface area contributed by atoms with Crippen LogP contribution in [0.3, 0.4) is 0 Å². The molecule has 0 aromatic heterocycles. The van der Waals surface area contributed by atoms with Crippen LogP contribution in [0.5, 0.6) is 0 Å². The summed E-state index contributed by atoms with van der Waals surface area (Å²) in [7, 11) is 1.76. The SMILES string of the molecule is CNC1=CCC(F)(F)CC1. The highest BCUT2D eigenvalue weighted by atomic mass is 19.3. The van der Waals surface area contributed by atoms with Crippen molar-refractivity contribution < 1.29 is 8.78 Å². The maximum atomic E-state index is 12.4. The largest absolute Gasteiger partial charge is 0.392 e. The van der Waals surface area contributed by atoms with Gasteiger partial charge in [0.1, 0.15) is 0 Å². The van der Waals surface area contributed by atoms with Crippen molar-refractivity contribution in [2.24, 2.45) is 0 Å². The standard InChI is InChI=1S/C7H11F2N/c1-10-6-2-4-7(8,9)5-3-6/h2,10H,3-5H2,1H3. The molecule has 3 heteroatoms. The van der Waals surface area contributed by atoms with Crippen LogP contribution in [-0.4, -0.2) is 13.0 Å². The number of hydrogen-bond donors (Lipinski definition) is 1. The van der Waals surface area contributed by atoms with E-state index in [1.54, 1.807) is 13.1 Å². The van der Waals surface area contributed by atoms with Gasteiger partial charge in [0.15, 0.2) is 0 Å². The summed E-state index contributed by atoms with van der Waals surface area (Å²) in [4.78, 5) is 0. The van der Waals surface area contributed by atoms with Crippen LogP contribution in [0.25, 0.3) is 0 Å². The van der Waals surface area contributed by atoms with Gasteiger partial charge in [-0.3, -0.25) is 0 Å². The van der Waals surface area contributed by atoms with Crippen molar-refractivity contribution in [3.05, 3.63) is 11.8 Å². The maximum absolute atomic E-state index is 12.4. The zero-order valence-corrected chi connectivity index (χ0v) is 5.95. The van der Waals surface area contributed by atoms with E-state index in [0.717, 1.165) is 5.70 Å². The first-order chi connectivity index (χ1) is 4.64. The van der Waals surface area contributed by atoms with E-state index in [2.05, 4.69) is 5.32 Å². The average Bonchev–Trinajstić information content (AvgIpc) is 1.88. The Balaban J connectivity index is 2.52. The van der Waals surface area contributed by atoms with E-state index in [-0.39, 0.29) is 12.8 Å². The number of allylic oxidation sites excluding steroid dienone is 2. The first-order valence-corrected chi connectivity index (χ1v) is 3.39. The highest BCUT2D eigenvalue weighted by Gasteiger charge is 2.30. The van der Waals surface area contributed by atoms with Crippen molar-refractivity contribution in [1.29, 1.82) is 0 Å². The monoisotopic (exact) mass is 147 g/mol. The summed E-state index contributed by atoms with van der Waals surface area (Å²) in [6, 6.07) is 0. The van der Waals surface area contributed by atoms with E-state index in [1.807, 2.05) is 0 Å². The van der Waals surface area contributed by atoms with E-state index >= 15 is 0 Å². The summed E-state index contributed by atoms with van der Waals surface area (Å²) in [5, 5.41) is 2.87. The minimum absolute atomic E-state index is 0.0142. The van der Waals surface area contributed by atoms with Gasteiger partial charge in [-0.25, -0.2) is 8.78 Å².